The van der Waals surface area contributed by atoms with Crippen molar-refractivity contribution >= 4 is 17.4 Å². The predicted octanol–water partition coefficient (Wildman–Crippen LogP) is 3.09. The topological polar surface area (TPSA) is 55.3 Å². The molecule has 0 unspecified atom stereocenters. The third-order valence-electron chi connectivity index (χ3n) is 4.22. The van der Waals surface area contributed by atoms with E-state index in [0.717, 1.165) is 42.9 Å². The first-order valence-electron chi connectivity index (χ1n) is 7.92. The second kappa shape index (κ2) is 7.08. The van der Waals surface area contributed by atoms with Crippen molar-refractivity contribution in [1.29, 1.82) is 0 Å². The standard InChI is InChI=1S/C17H21N3O2S/c1-12-6-3-4-8-15(12)22-11-14-7-5-9-20(10-14)17(21)16-13(2)18-19-23-16/h3-4,6,8,14H,5,7,9-11H2,1-2H3/t14-/m0/s1. The zero-order valence-electron chi connectivity index (χ0n) is 13.5. The molecule has 1 aliphatic heterocycles. The molecule has 1 atom stereocenters. The van der Waals surface area contributed by atoms with Crippen molar-refractivity contribution in [2.45, 2.75) is 26.7 Å². The maximum atomic E-state index is 12.6. The molecule has 0 N–H and O–H groups in total. The summed E-state index contributed by atoms with van der Waals surface area (Å²) < 4.78 is 9.82. The molecule has 1 aromatic carbocycles. The van der Waals surface area contributed by atoms with Gasteiger partial charge in [0.2, 0.25) is 0 Å². The normalized spacial score (nSPS) is 18.0. The maximum absolute atomic E-state index is 12.6. The number of ether oxygens (including phenoxy) is 1. The quantitative estimate of drug-likeness (QED) is 0.864. The zero-order chi connectivity index (χ0) is 16.2. The van der Waals surface area contributed by atoms with Crippen LogP contribution in [0.15, 0.2) is 24.3 Å². The third-order valence-corrected chi connectivity index (χ3v) is 5.04. The molecule has 122 valence electrons. The van der Waals surface area contributed by atoms with Crippen molar-refractivity contribution in [3.63, 3.8) is 0 Å². The molecule has 0 radical (unpaired) electrons. The first-order chi connectivity index (χ1) is 11.1. The van der Waals surface area contributed by atoms with E-state index in [1.165, 1.54) is 11.5 Å². The molecular weight excluding hydrogens is 310 g/mol. The summed E-state index contributed by atoms with van der Waals surface area (Å²) in [6, 6.07) is 8.03. The molecule has 3 rings (SSSR count). The van der Waals surface area contributed by atoms with Crippen LogP contribution >= 0.6 is 11.5 Å². The van der Waals surface area contributed by atoms with E-state index in [1.807, 2.05) is 43.0 Å². The number of nitrogens with zero attached hydrogens (tertiary/aromatic N) is 3. The first kappa shape index (κ1) is 15.9. The number of hydrogen-bond acceptors (Lipinski definition) is 5. The van der Waals surface area contributed by atoms with Crippen LogP contribution < -0.4 is 4.74 Å². The van der Waals surface area contributed by atoms with Crippen LogP contribution in [0.2, 0.25) is 0 Å². The summed E-state index contributed by atoms with van der Waals surface area (Å²) in [4.78, 5) is 15.1. The number of carbonyl (C=O) groups excluding carboxylic acids is 1. The van der Waals surface area contributed by atoms with E-state index in [4.69, 9.17) is 4.74 Å². The lowest BCUT2D eigenvalue weighted by Gasteiger charge is -2.32. The number of amides is 1. The van der Waals surface area contributed by atoms with Crippen LogP contribution in [-0.2, 0) is 0 Å². The van der Waals surface area contributed by atoms with Gasteiger partial charge in [0.05, 0.1) is 12.3 Å². The Morgan fingerprint density at radius 2 is 2.22 bits per heavy atom. The Kier molecular flexibility index (Phi) is 4.91. The number of likely N-dealkylation sites (tertiary alicyclic amines) is 1. The van der Waals surface area contributed by atoms with E-state index in [-0.39, 0.29) is 5.91 Å². The summed E-state index contributed by atoms with van der Waals surface area (Å²) in [5.41, 5.74) is 1.86. The van der Waals surface area contributed by atoms with Gasteiger partial charge in [-0.2, -0.15) is 0 Å². The zero-order valence-corrected chi connectivity index (χ0v) is 14.3. The summed E-state index contributed by atoms with van der Waals surface area (Å²) in [7, 11) is 0. The van der Waals surface area contributed by atoms with Crippen LogP contribution in [0.4, 0.5) is 0 Å². The van der Waals surface area contributed by atoms with Gasteiger partial charge in [0, 0.05) is 19.0 Å². The molecule has 0 spiro atoms. The number of carbonyl (C=O) groups is 1. The van der Waals surface area contributed by atoms with E-state index in [9.17, 15) is 4.79 Å². The molecule has 0 saturated carbocycles. The van der Waals surface area contributed by atoms with Gasteiger partial charge in [-0.25, -0.2) is 0 Å². The Hall–Kier alpha value is -1.95. The largest absolute Gasteiger partial charge is 0.493 e. The number of para-hydroxylation sites is 1. The highest BCUT2D eigenvalue weighted by Crippen LogP contribution is 2.23. The SMILES string of the molecule is Cc1ccccc1OC[C@H]1CCCN(C(=O)c2snnc2C)C1. The predicted molar refractivity (Wildman–Crippen MR) is 89.9 cm³/mol. The number of benzene rings is 1. The van der Waals surface area contributed by atoms with Crippen molar-refractivity contribution in [2.24, 2.45) is 5.92 Å². The average molecular weight is 331 g/mol. The molecule has 1 aromatic heterocycles. The highest BCUT2D eigenvalue weighted by molar-refractivity contribution is 7.07. The van der Waals surface area contributed by atoms with Crippen molar-refractivity contribution in [3.05, 3.63) is 40.4 Å². The summed E-state index contributed by atoms with van der Waals surface area (Å²) in [6.45, 7) is 6.07. The van der Waals surface area contributed by atoms with Crippen LogP contribution in [-0.4, -0.2) is 40.1 Å². The molecule has 1 fully saturated rings. The number of rotatable bonds is 4. The fourth-order valence-corrected chi connectivity index (χ4v) is 3.51. The number of aromatic nitrogens is 2. The molecule has 1 saturated heterocycles. The van der Waals surface area contributed by atoms with Gasteiger partial charge in [-0.1, -0.05) is 22.7 Å². The summed E-state index contributed by atoms with van der Waals surface area (Å²) in [5, 5.41) is 3.93. The van der Waals surface area contributed by atoms with Gasteiger partial charge in [0.1, 0.15) is 10.6 Å². The van der Waals surface area contributed by atoms with Crippen LogP contribution in [0.1, 0.15) is 33.8 Å². The minimum Gasteiger partial charge on any atom is -0.493 e. The molecule has 2 aromatic rings. The highest BCUT2D eigenvalue weighted by atomic mass is 32.1. The van der Waals surface area contributed by atoms with Crippen molar-refractivity contribution in [1.82, 2.24) is 14.5 Å². The minimum atomic E-state index is 0.0538. The third kappa shape index (κ3) is 3.69. The fraction of sp³-hybridized carbons (Fsp3) is 0.471. The summed E-state index contributed by atoms with van der Waals surface area (Å²) >= 11 is 1.18. The Balaban J connectivity index is 1.59. The molecule has 23 heavy (non-hydrogen) atoms. The lowest BCUT2D eigenvalue weighted by molar-refractivity contribution is 0.0637. The van der Waals surface area contributed by atoms with Crippen molar-refractivity contribution < 1.29 is 9.53 Å². The number of aryl methyl sites for hydroxylation is 2. The van der Waals surface area contributed by atoms with Gasteiger partial charge in [-0.05, 0) is 49.9 Å². The van der Waals surface area contributed by atoms with Crippen LogP contribution in [0.3, 0.4) is 0 Å². The average Bonchev–Trinajstić information content (AvgIpc) is 3.00. The van der Waals surface area contributed by atoms with Crippen molar-refractivity contribution in [3.8, 4) is 5.75 Å². The van der Waals surface area contributed by atoms with Crippen LogP contribution in [0, 0.1) is 19.8 Å². The van der Waals surface area contributed by atoms with Crippen LogP contribution in [0.5, 0.6) is 5.75 Å². The first-order valence-corrected chi connectivity index (χ1v) is 8.69. The van der Waals surface area contributed by atoms with Gasteiger partial charge >= 0.3 is 0 Å². The van der Waals surface area contributed by atoms with Gasteiger partial charge in [0.25, 0.3) is 5.91 Å². The summed E-state index contributed by atoms with van der Waals surface area (Å²) in [6.07, 6.45) is 2.11. The van der Waals surface area contributed by atoms with E-state index >= 15 is 0 Å². The van der Waals surface area contributed by atoms with E-state index in [1.54, 1.807) is 0 Å². The molecule has 1 amide bonds. The molecule has 5 nitrogen and oxygen atoms in total. The highest BCUT2D eigenvalue weighted by Gasteiger charge is 2.27. The van der Waals surface area contributed by atoms with Gasteiger partial charge in [-0.3, -0.25) is 4.79 Å². The Morgan fingerprint density at radius 1 is 1.39 bits per heavy atom. The maximum Gasteiger partial charge on any atom is 0.267 e. The van der Waals surface area contributed by atoms with Gasteiger partial charge in [0.15, 0.2) is 0 Å². The molecule has 1 aliphatic rings. The summed E-state index contributed by atoms with van der Waals surface area (Å²) in [5.74, 6) is 1.35. The Labute approximate surface area is 140 Å². The molecular formula is C17H21N3O2S. The van der Waals surface area contributed by atoms with Crippen molar-refractivity contribution in [2.75, 3.05) is 19.7 Å². The van der Waals surface area contributed by atoms with Gasteiger partial charge in [-0.15, -0.1) is 5.10 Å². The Bertz CT molecular complexity index is 686. The molecule has 6 heteroatoms. The second-order valence-electron chi connectivity index (χ2n) is 6.02. The molecule has 0 bridgehead atoms. The monoisotopic (exact) mass is 331 g/mol. The minimum absolute atomic E-state index is 0.0538. The second-order valence-corrected chi connectivity index (χ2v) is 6.78. The van der Waals surface area contributed by atoms with E-state index in [2.05, 4.69) is 9.59 Å². The lowest BCUT2D eigenvalue weighted by Crippen LogP contribution is -2.41. The van der Waals surface area contributed by atoms with Gasteiger partial charge < -0.3 is 9.64 Å². The molecule has 2 heterocycles. The number of piperidine rings is 1. The fourth-order valence-electron chi connectivity index (χ4n) is 2.88. The van der Waals surface area contributed by atoms with E-state index < -0.39 is 0 Å². The number of hydrogen-bond donors (Lipinski definition) is 0. The van der Waals surface area contributed by atoms with E-state index in [0.29, 0.717) is 17.4 Å². The lowest BCUT2D eigenvalue weighted by atomic mass is 9.98. The Morgan fingerprint density at radius 3 is 2.96 bits per heavy atom. The van der Waals surface area contributed by atoms with Crippen LogP contribution in [0.25, 0.3) is 0 Å². The molecule has 0 aliphatic carbocycles. The smallest absolute Gasteiger partial charge is 0.267 e.